The van der Waals surface area contributed by atoms with Gasteiger partial charge in [0.1, 0.15) is 0 Å². The fraction of sp³-hybridized carbons (Fsp3) is 0.304. The topological polar surface area (TPSA) is 86.8 Å². The Bertz CT molecular complexity index is 1120. The average molecular weight is 440 g/mol. The first-order chi connectivity index (χ1) is 14.9. The van der Waals surface area contributed by atoms with Crippen molar-refractivity contribution in [2.24, 2.45) is 0 Å². The van der Waals surface area contributed by atoms with Gasteiger partial charge < -0.3 is 10.2 Å². The smallest absolute Gasteiger partial charge is 0.243 e. The van der Waals surface area contributed by atoms with Gasteiger partial charge in [-0.25, -0.2) is 8.42 Å². The van der Waals surface area contributed by atoms with Crippen LogP contribution in [0.4, 0.5) is 5.69 Å². The molecule has 0 saturated carbocycles. The van der Waals surface area contributed by atoms with Gasteiger partial charge in [-0.2, -0.15) is 4.31 Å². The Hall–Kier alpha value is -2.97. The van der Waals surface area contributed by atoms with Crippen LogP contribution in [-0.2, 0) is 19.6 Å². The second kappa shape index (κ2) is 8.64. The molecule has 2 aliphatic rings. The number of fused-ring (bicyclic) bond motifs is 1. The van der Waals surface area contributed by atoms with Gasteiger partial charge >= 0.3 is 0 Å². The molecule has 2 aromatic rings. The number of nitrogens with one attached hydrogen (secondary N) is 1. The standard InChI is InChI=1S/C23H25N3O4S/c1-17(27)26-15-12-18-6-2-3-7-21(18)22(26)16-23(28)24-19-8-10-20(11-9-19)31(29,30)25-13-4-5-14-25/h2-3,6-12,15,22H,4-5,13-14,16H2,1H3,(H,24,28). The van der Waals surface area contributed by atoms with Crippen LogP contribution in [0, 0.1) is 0 Å². The molecule has 1 N–H and O–H groups in total. The van der Waals surface area contributed by atoms with Crippen molar-refractivity contribution in [3.05, 3.63) is 65.9 Å². The molecule has 162 valence electrons. The molecule has 1 saturated heterocycles. The first kappa shape index (κ1) is 21.3. The van der Waals surface area contributed by atoms with Gasteiger partial charge in [0.25, 0.3) is 0 Å². The molecular formula is C23H25N3O4S. The van der Waals surface area contributed by atoms with Crippen LogP contribution < -0.4 is 5.32 Å². The van der Waals surface area contributed by atoms with E-state index in [0.29, 0.717) is 18.8 Å². The average Bonchev–Trinajstić information content (AvgIpc) is 3.30. The molecule has 0 aromatic heterocycles. The number of amides is 2. The summed E-state index contributed by atoms with van der Waals surface area (Å²) in [4.78, 5) is 26.6. The Balaban J connectivity index is 1.47. The molecule has 2 aromatic carbocycles. The first-order valence-corrected chi connectivity index (χ1v) is 11.8. The lowest BCUT2D eigenvalue weighted by atomic mass is 9.93. The van der Waals surface area contributed by atoms with Crippen LogP contribution in [0.25, 0.3) is 6.08 Å². The van der Waals surface area contributed by atoms with Crippen molar-refractivity contribution in [1.29, 1.82) is 0 Å². The third-order valence-corrected chi connectivity index (χ3v) is 7.60. The molecule has 0 radical (unpaired) electrons. The summed E-state index contributed by atoms with van der Waals surface area (Å²) in [6, 6.07) is 13.5. The SMILES string of the molecule is CC(=O)N1C=Cc2ccccc2C1CC(=O)Nc1ccc(S(=O)(=O)N2CCCC2)cc1. The summed E-state index contributed by atoms with van der Waals surface area (Å²) < 4.78 is 26.8. The van der Waals surface area contributed by atoms with E-state index in [2.05, 4.69) is 5.32 Å². The van der Waals surface area contributed by atoms with Crippen molar-refractivity contribution in [3.8, 4) is 0 Å². The van der Waals surface area contributed by atoms with Gasteiger partial charge in [0.05, 0.1) is 17.4 Å². The predicted octanol–water partition coefficient (Wildman–Crippen LogP) is 3.37. The number of nitrogens with zero attached hydrogens (tertiary/aromatic N) is 2. The number of sulfonamides is 1. The van der Waals surface area contributed by atoms with E-state index < -0.39 is 16.1 Å². The normalized spacial score (nSPS) is 18.6. The predicted molar refractivity (Wildman–Crippen MR) is 118 cm³/mol. The number of benzene rings is 2. The second-order valence-electron chi connectivity index (χ2n) is 7.77. The van der Waals surface area contributed by atoms with Crippen molar-refractivity contribution in [2.45, 2.75) is 37.1 Å². The van der Waals surface area contributed by atoms with Gasteiger partial charge in [-0.15, -0.1) is 0 Å². The Morgan fingerprint density at radius 2 is 1.71 bits per heavy atom. The van der Waals surface area contributed by atoms with Gasteiger partial charge in [-0.3, -0.25) is 9.59 Å². The minimum atomic E-state index is -3.49. The van der Waals surface area contributed by atoms with Gasteiger partial charge in [0, 0.05) is 31.9 Å². The fourth-order valence-corrected chi connectivity index (χ4v) is 5.61. The third-order valence-electron chi connectivity index (χ3n) is 5.69. The third kappa shape index (κ3) is 4.40. The largest absolute Gasteiger partial charge is 0.326 e. The summed E-state index contributed by atoms with van der Waals surface area (Å²) in [5, 5.41) is 2.82. The molecule has 1 unspecified atom stereocenters. The summed E-state index contributed by atoms with van der Waals surface area (Å²) in [6.45, 7) is 2.57. The minimum Gasteiger partial charge on any atom is -0.326 e. The molecule has 2 amide bonds. The number of carbonyl (C=O) groups is 2. The Morgan fingerprint density at radius 3 is 2.39 bits per heavy atom. The lowest BCUT2D eigenvalue weighted by Gasteiger charge is -2.32. The molecule has 1 fully saturated rings. The molecular weight excluding hydrogens is 414 g/mol. The highest BCUT2D eigenvalue weighted by atomic mass is 32.2. The Kier molecular flexibility index (Phi) is 5.93. The van der Waals surface area contributed by atoms with Crippen LogP contribution in [0.15, 0.2) is 59.6 Å². The zero-order chi connectivity index (χ0) is 22.0. The summed E-state index contributed by atoms with van der Waals surface area (Å²) in [7, 11) is -3.49. The van der Waals surface area contributed by atoms with Gasteiger partial charge in [-0.05, 0) is 54.3 Å². The fourth-order valence-electron chi connectivity index (χ4n) is 4.09. The molecule has 8 heteroatoms. The number of hydrogen-bond acceptors (Lipinski definition) is 4. The van der Waals surface area contributed by atoms with E-state index >= 15 is 0 Å². The highest BCUT2D eigenvalue weighted by molar-refractivity contribution is 7.89. The van der Waals surface area contributed by atoms with Crippen LogP contribution in [0.5, 0.6) is 0 Å². The van der Waals surface area contributed by atoms with E-state index in [-0.39, 0.29) is 23.1 Å². The van der Waals surface area contributed by atoms with E-state index in [4.69, 9.17) is 0 Å². The van der Waals surface area contributed by atoms with Crippen molar-refractivity contribution in [1.82, 2.24) is 9.21 Å². The molecule has 2 aliphatic heterocycles. The summed E-state index contributed by atoms with van der Waals surface area (Å²) in [5.74, 6) is -0.392. The highest BCUT2D eigenvalue weighted by Crippen LogP contribution is 2.33. The van der Waals surface area contributed by atoms with Crippen LogP contribution >= 0.6 is 0 Å². The highest BCUT2D eigenvalue weighted by Gasteiger charge is 2.29. The molecule has 0 aliphatic carbocycles. The molecule has 2 heterocycles. The van der Waals surface area contributed by atoms with Gasteiger partial charge in [-0.1, -0.05) is 24.3 Å². The van der Waals surface area contributed by atoms with Crippen LogP contribution in [0.2, 0.25) is 0 Å². The van der Waals surface area contributed by atoms with Crippen LogP contribution in [0.1, 0.15) is 43.4 Å². The quantitative estimate of drug-likeness (QED) is 0.774. The Labute approximate surface area is 182 Å². The van der Waals surface area contributed by atoms with E-state index in [0.717, 1.165) is 24.0 Å². The summed E-state index contributed by atoms with van der Waals surface area (Å²) in [5.41, 5.74) is 2.41. The van der Waals surface area contributed by atoms with Crippen LogP contribution in [-0.4, -0.2) is 42.5 Å². The summed E-state index contributed by atoms with van der Waals surface area (Å²) in [6.07, 6.45) is 5.42. The Morgan fingerprint density at radius 1 is 1.03 bits per heavy atom. The maximum absolute atomic E-state index is 12.7. The van der Waals surface area contributed by atoms with E-state index in [1.807, 2.05) is 30.3 Å². The van der Waals surface area contributed by atoms with Crippen molar-refractivity contribution in [3.63, 3.8) is 0 Å². The maximum Gasteiger partial charge on any atom is 0.243 e. The van der Waals surface area contributed by atoms with Gasteiger partial charge in [0.15, 0.2) is 0 Å². The van der Waals surface area contributed by atoms with Crippen molar-refractivity contribution < 1.29 is 18.0 Å². The molecule has 1 atom stereocenters. The number of rotatable bonds is 5. The zero-order valence-electron chi connectivity index (χ0n) is 17.3. The van der Waals surface area contributed by atoms with E-state index in [9.17, 15) is 18.0 Å². The molecule has 4 rings (SSSR count). The molecule has 31 heavy (non-hydrogen) atoms. The molecule has 7 nitrogen and oxygen atoms in total. The lowest BCUT2D eigenvalue weighted by molar-refractivity contribution is -0.129. The number of anilines is 1. The van der Waals surface area contributed by atoms with Gasteiger partial charge in [0.2, 0.25) is 21.8 Å². The minimum absolute atomic E-state index is 0.0920. The zero-order valence-corrected chi connectivity index (χ0v) is 18.1. The number of hydrogen-bond donors (Lipinski definition) is 1. The van der Waals surface area contributed by atoms with E-state index in [1.165, 1.54) is 23.4 Å². The van der Waals surface area contributed by atoms with Crippen molar-refractivity contribution in [2.75, 3.05) is 18.4 Å². The van der Waals surface area contributed by atoms with Crippen molar-refractivity contribution >= 4 is 33.6 Å². The monoisotopic (exact) mass is 439 g/mol. The lowest BCUT2D eigenvalue weighted by Crippen LogP contribution is -2.33. The molecule has 0 spiro atoms. The second-order valence-corrected chi connectivity index (χ2v) is 9.71. The summed E-state index contributed by atoms with van der Waals surface area (Å²) >= 11 is 0. The van der Waals surface area contributed by atoms with E-state index in [1.54, 1.807) is 23.2 Å². The maximum atomic E-state index is 12.7. The first-order valence-electron chi connectivity index (χ1n) is 10.3. The van der Waals surface area contributed by atoms with Crippen LogP contribution in [0.3, 0.4) is 0 Å². The molecule has 0 bridgehead atoms. The number of carbonyl (C=O) groups excluding carboxylic acids is 2.